The Balaban J connectivity index is 0.939. The lowest BCUT2D eigenvalue weighted by atomic mass is 9.43. The van der Waals surface area contributed by atoms with Gasteiger partial charge in [-0.3, -0.25) is 0 Å². The molecule has 0 atom stereocenters. The Morgan fingerprint density at radius 2 is 1.00 bits per heavy atom. The quantitative estimate of drug-likeness (QED) is 0.167. The van der Waals surface area contributed by atoms with Crippen molar-refractivity contribution in [2.45, 2.75) is 56.8 Å². The first-order valence-electron chi connectivity index (χ1n) is 23.3. The van der Waals surface area contributed by atoms with E-state index >= 15 is 0 Å². The van der Waals surface area contributed by atoms with Crippen LogP contribution >= 0.6 is 11.3 Å². The predicted molar refractivity (Wildman–Crippen MR) is 266 cm³/mol. The minimum absolute atomic E-state index is 0.0971. The second-order valence-corrected chi connectivity index (χ2v) is 21.1. The molecule has 4 fully saturated rings. The van der Waals surface area contributed by atoms with Crippen molar-refractivity contribution in [3.05, 3.63) is 198 Å². The maximum absolute atomic E-state index is 2.66. The average molecular weight is 828 g/mol. The Bertz CT molecular complexity index is 3320. The minimum Gasteiger partial charge on any atom is -0.309 e. The van der Waals surface area contributed by atoms with Gasteiger partial charge >= 0.3 is 0 Å². The predicted octanol–water partition coefficient (Wildman–Crippen LogP) is 16.9. The van der Waals surface area contributed by atoms with Gasteiger partial charge in [-0.2, -0.15) is 0 Å². The molecule has 0 aliphatic heterocycles. The zero-order valence-electron chi connectivity index (χ0n) is 35.9. The number of hydrogen-bond donors (Lipinski definition) is 0. The van der Waals surface area contributed by atoms with Crippen molar-refractivity contribution in [2.24, 2.45) is 23.7 Å². The fourth-order valence-corrected chi connectivity index (χ4v) is 15.7. The Morgan fingerprint density at radius 1 is 0.444 bits per heavy atom. The highest BCUT2D eigenvalue weighted by Crippen LogP contribution is 2.70. The van der Waals surface area contributed by atoms with Gasteiger partial charge in [0.1, 0.15) is 0 Å². The van der Waals surface area contributed by atoms with Gasteiger partial charge in [0.15, 0.2) is 0 Å². The van der Waals surface area contributed by atoms with Crippen LogP contribution in [0.4, 0.5) is 17.1 Å². The standard InChI is InChI=1S/C61H49NS/c1-60(2)53-21-8-5-16-47(53)51-19-11-18-50(58(51)60)45-14-4-3-13-44(45)39-25-27-42(28-26-39)62(56-23-12-20-52-49-17-7-10-24-57(49)63-59(52)56)43-29-30-48-46-15-6-9-22-54(46)61(55(48)36-43)40-32-37-31-38(34-40)35-41(61)33-37/h3-30,36-38,40-41H,31-35H2,1-2H3. The van der Waals surface area contributed by atoms with Crippen LogP contribution in [0.3, 0.4) is 0 Å². The summed E-state index contributed by atoms with van der Waals surface area (Å²) in [6.07, 6.45) is 7.00. The fourth-order valence-electron chi connectivity index (χ4n) is 14.4. The van der Waals surface area contributed by atoms with E-state index in [0.29, 0.717) is 0 Å². The molecule has 0 radical (unpaired) electrons. The molecule has 63 heavy (non-hydrogen) atoms. The summed E-state index contributed by atoms with van der Waals surface area (Å²) < 4.78 is 2.67. The number of hydrogen-bond acceptors (Lipinski definition) is 2. The van der Waals surface area contributed by atoms with Crippen LogP contribution in [0, 0.1) is 23.7 Å². The highest BCUT2D eigenvalue weighted by atomic mass is 32.1. The van der Waals surface area contributed by atoms with Gasteiger partial charge < -0.3 is 4.90 Å². The van der Waals surface area contributed by atoms with Crippen LogP contribution in [0.5, 0.6) is 0 Å². The number of fused-ring (bicyclic) bond motifs is 9. The lowest BCUT2D eigenvalue weighted by Crippen LogP contribution is -2.55. The fraction of sp³-hybridized carbons (Fsp3) is 0.213. The van der Waals surface area contributed by atoms with Gasteiger partial charge in [-0.25, -0.2) is 0 Å². The third-order valence-electron chi connectivity index (χ3n) is 16.7. The van der Waals surface area contributed by atoms with E-state index in [1.54, 1.807) is 11.1 Å². The largest absolute Gasteiger partial charge is 0.309 e. The molecule has 0 N–H and O–H groups in total. The highest BCUT2D eigenvalue weighted by Gasteiger charge is 2.61. The molecule has 15 rings (SSSR count). The lowest BCUT2D eigenvalue weighted by Gasteiger charge is -2.61. The van der Waals surface area contributed by atoms with Crippen LogP contribution in [-0.4, -0.2) is 0 Å². The van der Waals surface area contributed by atoms with Crippen molar-refractivity contribution in [2.75, 3.05) is 4.90 Å². The topological polar surface area (TPSA) is 3.24 Å². The molecule has 304 valence electrons. The lowest BCUT2D eigenvalue weighted by molar-refractivity contribution is -0.0399. The maximum atomic E-state index is 2.66. The number of anilines is 3. The minimum atomic E-state index is -0.0971. The van der Waals surface area contributed by atoms with E-state index in [0.717, 1.165) is 23.7 Å². The first kappa shape index (κ1) is 36.3. The molecule has 4 saturated carbocycles. The van der Waals surface area contributed by atoms with Crippen LogP contribution in [0.15, 0.2) is 176 Å². The van der Waals surface area contributed by atoms with Gasteiger partial charge in [0.2, 0.25) is 0 Å². The summed E-state index contributed by atoms with van der Waals surface area (Å²) in [4.78, 5) is 2.59. The molecule has 0 amide bonds. The van der Waals surface area contributed by atoms with Crippen LogP contribution < -0.4 is 4.90 Å². The van der Waals surface area contributed by atoms with Crippen molar-refractivity contribution in [1.82, 2.24) is 0 Å². The second-order valence-electron chi connectivity index (χ2n) is 20.0. The first-order chi connectivity index (χ1) is 31.0. The van der Waals surface area contributed by atoms with E-state index in [1.807, 2.05) is 11.3 Å². The van der Waals surface area contributed by atoms with Crippen molar-refractivity contribution in [3.8, 4) is 44.5 Å². The van der Waals surface area contributed by atoms with E-state index in [-0.39, 0.29) is 10.8 Å². The number of benzene rings is 8. The molecule has 1 heterocycles. The third-order valence-corrected chi connectivity index (χ3v) is 17.9. The van der Waals surface area contributed by atoms with Gasteiger partial charge in [0, 0.05) is 37.7 Å². The zero-order chi connectivity index (χ0) is 41.6. The van der Waals surface area contributed by atoms with Crippen molar-refractivity contribution < 1.29 is 0 Å². The molecule has 1 spiro atoms. The summed E-state index contributed by atoms with van der Waals surface area (Å²) in [6, 6.07) is 67.4. The molecular formula is C61H49NS. The Labute approximate surface area is 374 Å². The van der Waals surface area contributed by atoms with Gasteiger partial charge in [-0.05, 0) is 159 Å². The van der Waals surface area contributed by atoms with Crippen molar-refractivity contribution in [1.29, 1.82) is 0 Å². The monoisotopic (exact) mass is 827 g/mol. The molecule has 6 aliphatic carbocycles. The molecule has 1 nitrogen and oxygen atoms in total. The van der Waals surface area contributed by atoms with Crippen LogP contribution in [0.2, 0.25) is 0 Å². The van der Waals surface area contributed by atoms with Crippen LogP contribution in [0.1, 0.15) is 68.2 Å². The smallest absolute Gasteiger partial charge is 0.0640 e. The molecule has 9 aromatic rings. The van der Waals surface area contributed by atoms with Gasteiger partial charge in [-0.1, -0.05) is 153 Å². The van der Waals surface area contributed by atoms with Crippen LogP contribution in [-0.2, 0) is 10.8 Å². The third kappa shape index (κ3) is 4.94. The summed E-state index contributed by atoms with van der Waals surface area (Å²) in [6.45, 7) is 4.79. The van der Waals surface area contributed by atoms with Crippen LogP contribution in [0.25, 0.3) is 64.7 Å². The maximum Gasteiger partial charge on any atom is 0.0640 e. The molecule has 4 bridgehead atoms. The normalized spacial score (nSPS) is 23.0. The summed E-state index contributed by atoms with van der Waals surface area (Å²) >= 11 is 1.92. The zero-order valence-corrected chi connectivity index (χ0v) is 36.8. The van der Waals surface area contributed by atoms with Gasteiger partial charge in [-0.15, -0.1) is 11.3 Å². The van der Waals surface area contributed by atoms with Crippen molar-refractivity contribution >= 4 is 48.6 Å². The van der Waals surface area contributed by atoms with Crippen molar-refractivity contribution in [3.63, 3.8) is 0 Å². The van der Waals surface area contributed by atoms with E-state index in [2.05, 4.69) is 195 Å². The Morgan fingerprint density at radius 3 is 1.76 bits per heavy atom. The van der Waals surface area contributed by atoms with E-state index in [4.69, 9.17) is 0 Å². The second kappa shape index (κ2) is 13.2. The number of thiophene rings is 1. The summed E-state index contributed by atoms with van der Waals surface area (Å²) in [5, 5.41) is 2.66. The molecule has 2 heteroatoms. The highest BCUT2D eigenvalue weighted by molar-refractivity contribution is 7.26. The molecular weight excluding hydrogens is 779 g/mol. The van der Waals surface area contributed by atoms with Gasteiger partial charge in [0.25, 0.3) is 0 Å². The van der Waals surface area contributed by atoms with E-state index < -0.39 is 0 Å². The Kier molecular flexibility index (Phi) is 7.58. The summed E-state index contributed by atoms with van der Waals surface area (Å²) in [5.41, 5.74) is 20.5. The van der Waals surface area contributed by atoms with Gasteiger partial charge in [0.05, 0.1) is 10.4 Å². The Hall–Kier alpha value is -6.22. The molecule has 6 aliphatic rings. The molecule has 0 unspecified atom stereocenters. The summed E-state index contributed by atoms with van der Waals surface area (Å²) in [5.74, 6) is 3.26. The number of rotatable bonds is 5. The average Bonchev–Trinajstić information content (AvgIpc) is 3.93. The van der Waals surface area contributed by atoms with E-state index in [1.165, 1.54) is 125 Å². The van der Waals surface area contributed by atoms with E-state index in [9.17, 15) is 0 Å². The SMILES string of the molecule is CC1(C)c2ccccc2-c2cccc(-c3ccccc3-c3ccc(N(c4ccc5c(c4)C4(c6ccccc6-5)C5CC6CC(C5)CC4C6)c4cccc5c4sc4ccccc45)cc3)c21. The molecule has 8 aromatic carbocycles. The molecule has 1 aromatic heterocycles. The first-order valence-corrected chi connectivity index (χ1v) is 24.2. The summed E-state index contributed by atoms with van der Waals surface area (Å²) in [7, 11) is 0. The number of nitrogens with zero attached hydrogens (tertiary/aromatic N) is 1. The molecule has 0 saturated heterocycles.